The Morgan fingerprint density at radius 1 is 0.306 bits per heavy atom. The average Bonchev–Trinajstić information content (AvgIpc) is 4.10. The Balaban J connectivity index is 0.992. The van der Waals surface area contributed by atoms with Crippen molar-refractivity contribution in [1.82, 2.24) is 0 Å². The zero-order chi connectivity index (χ0) is 47.3. The SMILES string of the molecule is c1ccc(N(c2ccccc2)c2cc(N(c3ccccc3)c3ccc4c(c3)-c3ccccc3C43c4ccccc4Oc4ccccc43)c3sc4ccc(-c5ccc6sc7ccccc7c6c5)cc4c3c2)cc1. The maximum Gasteiger partial charge on any atom is 0.132 e. The van der Waals surface area contributed by atoms with Crippen molar-refractivity contribution in [2.45, 2.75) is 5.41 Å². The average molecular weight is 955 g/mol. The summed E-state index contributed by atoms with van der Waals surface area (Å²) in [6, 6.07) is 93.5. The molecule has 0 saturated heterocycles. The molecule has 3 heterocycles. The number of ether oxygens (including phenoxy) is 1. The maximum absolute atomic E-state index is 6.68. The molecule has 0 amide bonds. The van der Waals surface area contributed by atoms with E-state index < -0.39 is 5.41 Å². The summed E-state index contributed by atoms with van der Waals surface area (Å²) >= 11 is 3.73. The van der Waals surface area contributed by atoms with Crippen LogP contribution in [0.1, 0.15) is 22.3 Å². The molecule has 1 spiro atoms. The van der Waals surface area contributed by atoms with Gasteiger partial charge in [-0.25, -0.2) is 0 Å². The van der Waals surface area contributed by atoms with Crippen LogP contribution in [0.2, 0.25) is 0 Å². The van der Waals surface area contributed by atoms with Gasteiger partial charge in [0.25, 0.3) is 0 Å². The van der Waals surface area contributed by atoms with E-state index in [1.54, 1.807) is 0 Å². The number of hydrogen-bond donors (Lipinski definition) is 0. The van der Waals surface area contributed by atoms with Crippen LogP contribution in [-0.4, -0.2) is 0 Å². The van der Waals surface area contributed by atoms with E-state index in [0.717, 1.165) is 56.8 Å². The molecule has 15 rings (SSSR count). The lowest BCUT2D eigenvalue weighted by molar-refractivity contribution is 0.436. The van der Waals surface area contributed by atoms with Gasteiger partial charge < -0.3 is 14.5 Å². The van der Waals surface area contributed by atoms with Gasteiger partial charge in [0.2, 0.25) is 0 Å². The minimum absolute atomic E-state index is 0.559. The Bertz CT molecular complexity index is 4190. The number of para-hydroxylation sites is 5. The Hall–Kier alpha value is -8.74. The number of thiophene rings is 2. The third kappa shape index (κ3) is 6.15. The molecular weight excluding hydrogens is 913 g/mol. The fourth-order valence-corrected chi connectivity index (χ4v) is 14.1. The summed E-state index contributed by atoms with van der Waals surface area (Å²) in [6.07, 6.45) is 0. The lowest BCUT2D eigenvalue weighted by atomic mass is 9.66. The quantitative estimate of drug-likeness (QED) is 0.158. The first-order chi connectivity index (χ1) is 35.7. The van der Waals surface area contributed by atoms with Gasteiger partial charge in [-0.2, -0.15) is 0 Å². The van der Waals surface area contributed by atoms with Gasteiger partial charge in [-0.15, -0.1) is 22.7 Å². The van der Waals surface area contributed by atoms with Gasteiger partial charge in [-0.1, -0.05) is 152 Å². The summed E-state index contributed by atoms with van der Waals surface area (Å²) in [4.78, 5) is 4.89. The monoisotopic (exact) mass is 954 g/mol. The smallest absolute Gasteiger partial charge is 0.132 e. The third-order valence-corrected chi connectivity index (χ3v) is 17.2. The van der Waals surface area contributed by atoms with E-state index in [2.05, 4.69) is 265 Å². The van der Waals surface area contributed by atoms with E-state index in [1.807, 2.05) is 22.7 Å². The van der Waals surface area contributed by atoms with Crippen LogP contribution in [0.25, 0.3) is 62.6 Å². The van der Waals surface area contributed by atoms with Gasteiger partial charge in [0.1, 0.15) is 11.5 Å². The minimum Gasteiger partial charge on any atom is -0.457 e. The molecule has 338 valence electrons. The van der Waals surface area contributed by atoms with Gasteiger partial charge in [-0.05, 0) is 137 Å². The summed E-state index contributed by atoms with van der Waals surface area (Å²) in [5.41, 5.74) is 15.7. The van der Waals surface area contributed by atoms with Crippen molar-refractivity contribution in [2.24, 2.45) is 0 Å². The van der Waals surface area contributed by atoms with Crippen molar-refractivity contribution in [3.63, 3.8) is 0 Å². The van der Waals surface area contributed by atoms with Gasteiger partial charge in [0.15, 0.2) is 0 Å². The van der Waals surface area contributed by atoms with Gasteiger partial charge >= 0.3 is 0 Å². The molecule has 0 atom stereocenters. The molecule has 3 nitrogen and oxygen atoms in total. The van der Waals surface area contributed by atoms with Gasteiger partial charge in [-0.3, -0.25) is 0 Å². The van der Waals surface area contributed by atoms with Crippen LogP contribution in [0, 0.1) is 0 Å². The highest BCUT2D eigenvalue weighted by Gasteiger charge is 2.51. The number of hydrogen-bond acceptors (Lipinski definition) is 5. The molecule has 2 aromatic heterocycles. The largest absolute Gasteiger partial charge is 0.457 e. The maximum atomic E-state index is 6.68. The zero-order valence-electron chi connectivity index (χ0n) is 38.9. The molecular formula is C67H42N2OS2. The molecule has 0 bridgehead atoms. The fourth-order valence-electron chi connectivity index (χ4n) is 11.8. The van der Waals surface area contributed by atoms with Gasteiger partial charge in [0, 0.05) is 75.2 Å². The van der Waals surface area contributed by atoms with Crippen LogP contribution >= 0.6 is 22.7 Å². The first-order valence-corrected chi connectivity index (χ1v) is 26.1. The zero-order valence-corrected chi connectivity index (χ0v) is 40.5. The first kappa shape index (κ1) is 41.1. The molecule has 11 aromatic carbocycles. The molecule has 0 fully saturated rings. The van der Waals surface area contributed by atoms with Crippen molar-refractivity contribution in [2.75, 3.05) is 9.80 Å². The van der Waals surface area contributed by atoms with Crippen LogP contribution in [0.15, 0.2) is 255 Å². The normalized spacial score (nSPS) is 12.9. The lowest BCUT2D eigenvalue weighted by Gasteiger charge is -2.39. The van der Waals surface area contributed by atoms with Crippen LogP contribution < -0.4 is 14.5 Å². The standard InChI is InChI=1S/C67H42N2OS2/c1-4-18-45(19-5-1)68(46-20-6-2-7-21-46)49-41-55-54-39-44(43-32-36-64-53(38-43)51-25-11-17-31-63(51)71-64)33-37-65(54)72-66(55)60(42-49)69(47-22-8-3-9-23-47)48-34-35-57-52(40-48)50-24-10-12-26-56(50)67(57)58-27-13-15-29-61(58)70-62-30-16-14-28-59(62)67/h1-42H. The number of anilines is 6. The highest BCUT2D eigenvalue weighted by molar-refractivity contribution is 7.26. The molecule has 1 aliphatic heterocycles. The number of rotatable bonds is 7. The summed E-state index contributed by atoms with van der Waals surface area (Å²) in [7, 11) is 0. The predicted molar refractivity (Wildman–Crippen MR) is 304 cm³/mol. The second kappa shape index (κ2) is 16.2. The van der Waals surface area contributed by atoms with E-state index in [9.17, 15) is 0 Å². The van der Waals surface area contributed by atoms with E-state index in [0.29, 0.717) is 0 Å². The molecule has 0 radical (unpaired) electrons. The number of benzene rings is 11. The molecule has 72 heavy (non-hydrogen) atoms. The number of fused-ring (bicyclic) bond motifs is 15. The van der Waals surface area contributed by atoms with Crippen LogP contribution in [0.4, 0.5) is 34.1 Å². The van der Waals surface area contributed by atoms with Crippen molar-refractivity contribution in [3.8, 4) is 33.8 Å². The van der Waals surface area contributed by atoms with Gasteiger partial charge in [0.05, 0.1) is 15.8 Å². The summed E-state index contributed by atoms with van der Waals surface area (Å²) in [5.74, 6) is 1.78. The van der Waals surface area contributed by atoms with Crippen LogP contribution in [0.3, 0.4) is 0 Å². The minimum atomic E-state index is -0.559. The predicted octanol–water partition coefficient (Wildman–Crippen LogP) is 19.5. The third-order valence-electron chi connectivity index (χ3n) is 14.9. The Kier molecular flexibility index (Phi) is 9.22. The molecule has 2 aliphatic rings. The molecule has 5 heteroatoms. The second-order valence-corrected chi connectivity index (χ2v) is 20.9. The van der Waals surface area contributed by atoms with E-state index >= 15 is 0 Å². The van der Waals surface area contributed by atoms with Crippen molar-refractivity contribution in [1.29, 1.82) is 0 Å². The summed E-state index contributed by atoms with van der Waals surface area (Å²) in [6.45, 7) is 0. The molecule has 0 unspecified atom stereocenters. The summed E-state index contributed by atoms with van der Waals surface area (Å²) < 4.78 is 11.8. The second-order valence-electron chi connectivity index (χ2n) is 18.8. The Labute approximate surface area is 425 Å². The Morgan fingerprint density at radius 2 is 0.819 bits per heavy atom. The highest BCUT2D eigenvalue weighted by Crippen LogP contribution is 2.63. The van der Waals surface area contributed by atoms with Crippen molar-refractivity contribution in [3.05, 3.63) is 277 Å². The molecule has 1 aliphatic carbocycles. The van der Waals surface area contributed by atoms with E-state index in [1.165, 1.54) is 73.7 Å². The van der Waals surface area contributed by atoms with Crippen molar-refractivity contribution < 1.29 is 4.74 Å². The first-order valence-electron chi connectivity index (χ1n) is 24.5. The lowest BCUT2D eigenvalue weighted by Crippen LogP contribution is -2.32. The Morgan fingerprint density at radius 3 is 1.49 bits per heavy atom. The van der Waals surface area contributed by atoms with E-state index in [-0.39, 0.29) is 0 Å². The van der Waals surface area contributed by atoms with Crippen LogP contribution in [-0.2, 0) is 5.41 Å². The number of nitrogens with zero attached hydrogens (tertiary/aromatic N) is 2. The molecule has 13 aromatic rings. The molecule has 0 saturated carbocycles. The van der Waals surface area contributed by atoms with E-state index in [4.69, 9.17) is 4.74 Å². The fraction of sp³-hybridized carbons (Fsp3) is 0.0149. The molecule has 0 N–H and O–H groups in total. The topological polar surface area (TPSA) is 15.7 Å². The highest BCUT2D eigenvalue weighted by atomic mass is 32.1. The van der Waals surface area contributed by atoms with Crippen molar-refractivity contribution >= 4 is 97.1 Å². The summed E-state index contributed by atoms with van der Waals surface area (Å²) in [5, 5.41) is 5.07. The van der Waals surface area contributed by atoms with Crippen LogP contribution in [0.5, 0.6) is 11.5 Å².